The largest absolute Gasteiger partial charge is 0.336 e. The van der Waals surface area contributed by atoms with Crippen LogP contribution in [0.15, 0.2) is 12.1 Å². The van der Waals surface area contributed by atoms with E-state index in [0.717, 1.165) is 25.8 Å². The number of hydrogen-bond acceptors (Lipinski definition) is 4. The lowest BCUT2D eigenvalue weighted by Crippen LogP contribution is -2.35. The highest BCUT2D eigenvalue weighted by atomic mass is 35.5. The minimum atomic E-state index is 0.000139. The lowest BCUT2D eigenvalue weighted by molar-refractivity contribution is 0.0733. The van der Waals surface area contributed by atoms with E-state index in [2.05, 4.69) is 17.3 Å². The van der Waals surface area contributed by atoms with E-state index >= 15 is 0 Å². The molecule has 0 spiro atoms. The van der Waals surface area contributed by atoms with Gasteiger partial charge in [-0.25, -0.2) is 10.8 Å². The number of aromatic nitrogens is 1. The lowest BCUT2D eigenvalue weighted by Gasteiger charge is -2.23. The van der Waals surface area contributed by atoms with Gasteiger partial charge in [-0.05, 0) is 31.4 Å². The second kappa shape index (κ2) is 5.54. The maximum absolute atomic E-state index is 12.4. The molecule has 1 aromatic rings. The van der Waals surface area contributed by atoms with Crippen molar-refractivity contribution in [2.45, 2.75) is 32.2 Å². The van der Waals surface area contributed by atoms with Crippen LogP contribution in [0, 0.1) is 0 Å². The topological polar surface area (TPSA) is 71.2 Å². The summed E-state index contributed by atoms with van der Waals surface area (Å²) in [6, 6.07) is 3.54. The number of pyridine rings is 1. The molecule has 0 bridgehead atoms. The number of hydrogen-bond donors (Lipinski definition) is 2. The van der Waals surface area contributed by atoms with Gasteiger partial charge >= 0.3 is 0 Å². The number of nitrogens with one attached hydrogen (secondary N) is 1. The molecule has 1 saturated heterocycles. The van der Waals surface area contributed by atoms with Gasteiger partial charge in [0.1, 0.15) is 11.0 Å². The summed E-state index contributed by atoms with van der Waals surface area (Å²) in [5, 5.41) is 0.265. The van der Waals surface area contributed by atoms with Crippen LogP contribution in [0.5, 0.6) is 0 Å². The molecule has 2 rings (SSSR count). The first kappa shape index (κ1) is 13.1. The number of carbonyl (C=O) groups excluding carboxylic acids is 1. The van der Waals surface area contributed by atoms with Crippen molar-refractivity contribution in [3.05, 3.63) is 22.8 Å². The van der Waals surface area contributed by atoms with Gasteiger partial charge in [-0.1, -0.05) is 18.5 Å². The van der Waals surface area contributed by atoms with Crippen LogP contribution in [0.25, 0.3) is 0 Å². The molecule has 1 atom stereocenters. The Morgan fingerprint density at radius 1 is 1.67 bits per heavy atom. The van der Waals surface area contributed by atoms with Gasteiger partial charge in [0.25, 0.3) is 5.91 Å². The van der Waals surface area contributed by atoms with Crippen molar-refractivity contribution in [1.29, 1.82) is 0 Å². The Morgan fingerprint density at radius 3 is 3.11 bits per heavy atom. The van der Waals surface area contributed by atoms with Gasteiger partial charge in [0, 0.05) is 18.2 Å². The van der Waals surface area contributed by atoms with Crippen molar-refractivity contribution in [2.75, 3.05) is 12.0 Å². The minimum absolute atomic E-state index is 0.000139. The molecule has 3 N–H and O–H groups in total. The highest BCUT2D eigenvalue weighted by Crippen LogP contribution is 2.23. The Kier molecular flexibility index (Phi) is 4.04. The number of nitrogens with two attached hydrogens (primary N) is 1. The van der Waals surface area contributed by atoms with Gasteiger partial charge < -0.3 is 10.3 Å². The normalized spacial score (nSPS) is 19.1. The predicted octanol–water partition coefficient (Wildman–Crippen LogP) is 2.04. The molecule has 5 nitrogen and oxygen atoms in total. The van der Waals surface area contributed by atoms with Crippen LogP contribution in [0.3, 0.4) is 0 Å². The molecule has 1 aromatic heterocycles. The molecule has 0 aromatic carbocycles. The first-order valence-electron chi connectivity index (χ1n) is 6.11. The first-order valence-corrected chi connectivity index (χ1v) is 6.48. The average Bonchev–Trinajstić information content (AvgIpc) is 2.85. The van der Waals surface area contributed by atoms with E-state index in [9.17, 15) is 4.79 Å². The smallest absolute Gasteiger partial charge is 0.254 e. The zero-order valence-electron chi connectivity index (χ0n) is 10.3. The summed E-state index contributed by atoms with van der Waals surface area (Å²) in [7, 11) is 0. The molecule has 0 saturated carbocycles. The molecule has 98 valence electrons. The third kappa shape index (κ3) is 2.57. The predicted molar refractivity (Wildman–Crippen MR) is 71.4 cm³/mol. The molecule has 0 aliphatic carbocycles. The van der Waals surface area contributed by atoms with E-state index in [-0.39, 0.29) is 11.1 Å². The van der Waals surface area contributed by atoms with Gasteiger partial charge in [0.2, 0.25) is 0 Å². The van der Waals surface area contributed by atoms with Gasteiger partial charge in [-0.3, -0.25) is 4.79 Å². The number of carbonyl (C=O) groups is 1. The third-order valence-corrected chi connectivity index (χ3v) is 3.49. The average molecular weight is 269 g/mol. The van der Waals surface area contributed by atoms with Crippen molar-refractivity contribution < 1.29 is 4.79 Å². The molecule has 1 fully saturated rings. The van der Waals surface area contributed by atoms with Gasteiger partial charge in [0.15, 0.2) is 0 Å². The zero-order valence-corrected chi connectivity index (χ0v) is 11.1. The van der Waals surface area contributed by atoms with Crippen LogP contribution in [-0.2, 0) is 0 Å². The first-order chi connectivity index (χ1) is 8.65. The maximum Gasteiger partial charge on any atom is 0.254 e. The van der Waals surface area contributed by atoms with Crippen molar-refractivity contribution in [2.24, 2.45) is 5.84 Å². The second-order valence-corrected chi connectivity index (χ2v) is 4.80. The highest BCUT2D eigenvalue weighted by molar-refractivity contribution is 6.29. The van der Waals surface area contributed by atoms with Crippen molar-refractivity contribution in [3.63, 3.8) is 0 Å². The molecule has 18 heavy (non-hydrogen) atoms. The third-order valence-electron chi connectivity index (χ3n) is 3.30. The maximum atomic E-state index is 12.4. The fourth-order valence-corrected chi connectivity index (χ4v) is 2.60. The van der Waals surface area contributed by atoms with E-state index in [1.54, 1.807) is 12.1 Å². The summed E-state index contributed by atoms with van der Waals surface area (Å²) < 4.78 is 0. The van der Waals surface area contributed by atoms with Crippen LogP contribution in [0.1, 0.15) is 36.5 Å². The summed E-state index contributed by atoms with van der Waals surface area (Å²) in [4.78, 5) is 18.3. The Bertz CT molecular complexity index is 452. The van der Waals surface area contributed by atoms with Gasteiger partial charge in [0.05, 0.1) is 0 Å². The highest BCUT2D eigenvalue weighted by Gasteiger charge is 2.28. The number of anilines is 1. The fourth-order valence-electron chi connectivity index (χ4n) is 2.39. The van der Waals surface area contributed by atoms with Crippen LogP contribution in [0.4, 0.5) is 5.82 Å². The van der Waals surface area contributed by atoms with Gasteiger partial charge in [-0.2, -0.15) is 0 Å². The van der Waals surface area contributed by atoms with Crippen LogP contribution >= 0.6 is 11.6 Å². The van der Waals surface area contributed by atoms with Gasteiger partial charge in [-0.15, -0.1) is 0 Å². The number of rotatable bonds is 3. The van der Waals surface area contributed by atoms with E-state index in [1.807, 2.05) is 4.90 Å². The number of nitrogen functional groups attached to an aromatic ring is 1. The van der Waals surface area contributed by atoms with E-state index in [0.29, 0.717) is 17.4 Å². The fraction of sp³-hybridized carbons (Fsp3) is 0.500. The minimum Gasteiger partial charge on any atom is -0.336 e. The molecule has 1 amide bonds. The molecular weight excluding hydrogens is 252 g/mol. The Hall–Kier alpha value is -1.33. The Morgan fingerprint density at radius 2 is 2.44 bits per heavy atom. The van der Waals surface area contributed by atoms with Crippen LogP contribution in [0.2, 0.25) is 5.15 Å². The number of likely N-dealkylation sites (tertiary alicyclic amines) is 1. The molecule has 1 aliphatic rings. The van der Waals surface area contributed by atoms with E-state index in [4.69, 9.17) is 17.4 Å². The standard InChI is InChI=1S/C12H17ClN4O/c1-2-9-4-3-5-17(9)12(18)8-6-10(13)15-11(7-8)16-14/h6-7,9H,2-5,14H2,1H3,(H,15,16). The number of amides is 1. The number of hydrazine groups is 1. The van der Waals surface area contributed by atoms with Crippen LogP contribution in [-0.4, -0.2) is 28.4 Å². The summed E-state index contributed by atoms with van der Waals surface area (Å²) >= 11 is 5.87. The van der Waals surface area contributed by atoms with E-state index in [1.165, 1.54) is 0 Å². The monoisotopic (exact) mass is 268 g/mol. The molecule has 1 unspecified atom stereocenters. The number of halogens is 1. The second-order valence-electron chi connectivity index (χ2n) is 4.41. The lowest BCUT2D eigenvalue weighted by atomic mass is 10.1. The van der Waals surface area contributed by atoms with Crippen molar-refractivity contribution in [1.82, 2.24) is 9.88 Å². The van der Waals surface area contributed by atoms with Crippen molar-refractivity contribution >= 4 is 23.3 Å². The Balaban J connectivity index is 2.25. The van der Waals surface area contributed by atoms with Crippen molar-refractivity contribution in [3.8, 4) is 0 Å². The molecule has 1 aliphatic heterocycles. The molecule has 0 radical (unpaired) electrons. The molecular formula is C12H17ClN4O. The molecule has 6 heteroatoms. The summed E-state index contributed by atoms with van der Waals surface area (Å²) in [5.74, 6) is 5.70. The zero-order chi connectivity index (χ0) is 13.1. The van der Waals surface area contributed by atoms with Crippen LogP contribution < -0.4 is 11.3 Å². The molecule has 2 heterocycles. The quantitative estimate of drug-likeness (QED) is 0.500. The number of nitrogens with zero attached hydrogens (tertiary/aromatic N) is 2. The SMILES string of the molecule is CCC1CCCN1C(=O)c1cc(Cl)nc(NN)c1. The summed E-state index contributed by atoms with van der Waals surface area (Å²) in [5.41, 5.74) is 2.94. The Labute approximate surface area is 111 Å². The summed E-state index contributed by atoms with van der Waals surface area (Å²) in [6.07, 6.45) is 3.11. The summed E-state index contributed by atoms with van der Waals surface area (Å²) in [6.45, 7) is 2.91. The van der Waals surface area contributed by atoms with E-state index < -0.39 is 0 Å².